The van der Waals surface area contributed by atoms with Crippen molar-refractivity contribution < 1.29 is 23.8 Å². The number of carbonyl (C=O) groups excluding carboxylic acids is 2. The number of thiazole rings is 1. The monoisotopic (exact) mass is 441 g/mol. The fraction of sp³-hybridized carbons (Fsp3) is 0.227. The van der Waals surface area contributed by atoms with Crippen LogP contribution in [0.2, 0.25) is 0 Å². The van der Waals surface area contributed by atoms with Gasteiger partial charge in [-0.1, -0.05) is 0 Å². The van der Waals surface area contributed by atoms with Crippen LogP contribution < -0.4 is 24.8 Å². The van der Waals surface area contributed by atoms with Crippen LogP contribution >= 0.6 is 11.3 Å². The minimum atomic E-state index is -0.389. The summed E-state index contributed by atoms with van der Waals surface area (Å²) in [6.07, 6.45) is 0. The lowest BCUT2D eigenvalue weighted by molar-refractivity contribution is -0.118. The molecular weight excluding hydrogens is 418 g/mol. The van der Waals surface area contributed by atoms with Crippen molar-refractivity contribution in [2.24, 2.45) is 0 Å². The summed E-state index contributed by atoms with van der Waals surface area (Å²) in [5.74, 6) is 0.814. The summed E-state index contributed by atoms with van der Waals surface area (Å²) in [7, 11) is 3.05. The zero-order valence-corrected chi connectivity index (χ0v) is 18.5. The number of nitrogens with zero attached hydrogens (tertiary/aromatic N) is 1. The van der Waals surface area contributed by atoms with Crippen LogP contribution in [0.3, 0.4) is 0 Å². The van der Waals surface area contributed by atoms with Gasteiger partial charge in [-0.2, -0.15) is 0 Å². The van der Waals surface area contributed by atoms with Gasteiger partial charge in [0.25, 0.3) is 5.91 Å². The maximum atomic E-state index is 12.4. The molecule has 31 heavy (non-hydrogen) atoms. The van der Waals surface area contributed by atoms with E-state index >= 15 is 0 Å². The third kappa shape index (κ3) is 5.73. The van der Waals surface area contributed by atoms with Crippen molar-refractivity contribution in [2.75, 3.05) is 31.5 Å². The molecule has 0 radical (unpaired) electrons. The second-order valence-corrected chi connectivity index (χ2v) is 7.61. The van der Waals surface area contributed by atoms with E-state index in [2.05, 4.69) is 15.6 Å². The highest BCUT2D eigenvalue weighted by atomic mass is 32.1. The number of amides is 2. The Balaban J connectivity index is 1.74. The Labute approximate surface area is 184 Å². The number of hydrogen-bond acceptors (Lipinski definition) is 7. The molecule has 1 heterocycles. The Morgan fingerprint density at radius 3 is 2.39 bits per heavy atom. The summed E-state index contributed by atoms with van der Waals surface area (Å²) in [5, 5.41) is 8.37. The van der Waals surface area contributed by atoms with Crippen LogP contribution in [-0.4, -0.2) is 37.6 Å². The average molecular weight is 442 g/mol. The number of aryl methyl sites for hydroxylation is 1. The van der Waals surface area contributed by atoms with Gasteiger partial charge in [0.15, 0.2) is 6.61 Å². The topological polar surface area (TPSA) is 98.8 Å². The highest BCUT2D eigenvalue weighted by molar-refractivity contribution is 7.09. The van der Waals surface area contributed by atoms with E-state index < -0.39 is 0 Å². The highest BCUT2D eigenvalue weighted by Gasteiger charge is 2.13. The number of hydrogen-bond donors (Lipinski definition) is 2. The zero-order valence-electron chi connectivity index (χ0n) is 17.6. The van der Waals surface area contributed by atoms with E-state index in [0.717, 1.165) is 16.3 Å². The molecule has 0 fully saturated rings. The molecule has 0 bridgehead atoms. The number of aromatic nitrogens is 1. The predicted octanol–water partition coefficient (Wildman–Crippen LogP) is 4.11. The maximum Gasteiger partial charge on any atom is 0.262 e. The van der Waals surface area contributed by atoms with E-state index in [9.17, 15) is 9.59 Å². The molecule has 9 heteroatoms. The molecule has 8 nitrogen and oxygen atoms in total. The second-order valence-electron chi connectivity index (χ2n) is 6.55. The molecule has 3 rings (SSSR count). The Kier molecular flexibility index (Phi) is 7.09. The summed E-state index contributed by atoms with van der Waals surface area (Å²) in [4.78, 5) is 28.6. The van der Waals surface area contributed by atoms with Crippen molar-refractivity contribution in [3.8, 4) is 28.5 Å². The van der Waals surface area contributed by atoms with E-state index in [-0.39, 0.29) is 18.4 Å². The number of benzene rings is 2. The molecule has 1 aromatic heterocycles. The largest absolute Gasteiger partial charge is 0.497 e. The maximum absolute atomic E-state index is 12.4. The molecule has 0 aliphatic heterocycles. The standard InChI is InChI=1S/C22H23N3O5S/c1-13(26)23-17-9-15(19-12-31-14(2)24-19)5-7-21(17)30-11-22(27)25-18-10-16(28-3)6-8-20(18)29-4/h5-10,12H,11H2,1-4H3,(H,23,26)(H,25,27). The van der Waals surface area contributed by atoms with Crippen LogP contribution in [-0.2, 0) is 9.59 Å². The van der Waals surface area contributed by atoms with E-state index in [0.29, 0.717) is 28.6 Å². The minimum Gasteiger partial charge on any atom is -0.497 e. The van der Waals surface area contributed by atoms with Crippen molar-refractivity contribution in [1.82, 2.24) is 4.98 Å². The summed E-state index contributed by atoms with van der Waals surface area (Å²) in [6, 6.07) is 10.4. The number of methoxy groups -OCH3 is 2. The van der Waals surface area contributed by atoms with Gasteiger partial charge in [-0.15, -0.1) is 11.3 Å². The first-order valence-electron chi connectivity index (χ1n) is 9.38. The summed E-state index contributed by atoms with van der Waals surface area (Å²) < 4.78 is 16.1. The fourth-order valence-corrected chi connectivity index (χ4v) is 3.46. The molecule has 0 saturated heterocycles. The third-order valence-corrected chi connectivity index (χ3v) is 5.02. The lowest BCUT2D eigenvalue weighted by Crippen LogP contribution is -2.21. The van der Waals surface area contributed by atoms with Crippen molar-refractivity contribution in [3.05, 3.63) is 46.8 Å². The molecular formula is C22H23N3O5S. The minimum absolute atomic E-state index is 0.248. The van der Waals surface area contributed by atoms with Crippen LogP contribution in [0.4, 0.5) is 11.4 Å². The smallest absolute Gasteiger partial charge is 0.262 e. The molecule has 2 aromatic carbocycles. The van der Waals surface area contributed by atoms with Crippen LogP contribution in [0, 0.1) is 6.92 Å². The molecule has 0 saturated carbocycles. The molecule has 2 N–H and O–H groups in total. The van der Waals surface area contributed by atoms with Crippen molar-refractivity contribution in [2.45, 2.75) is 13.8 Å². The fourth-order valence-electron chi connectivity index (χ4n) is 2.84. The van der Waals surface area contributed by atoms with Crippen LogP contribution in [0.5, 0.6) is 17.2 Å². The van der Waals surface area contributed by atoms with E-state index in [1.807, 2.05) is 18.4 Å². The van der Waals surface area contributed by atoms with Crippen molar-refractivity contribution >= 4 is 34.5 Å². The molecule has 0 aliphatic rings. The van der Waals surface area contributed by atoms with Crippen LogP contribution in [0.25, 0.3) is 11.3 Å². The van der Waals surface area contributed by atoms with Crippen molar-refractivity contribution in [1.29, 1.82) is 0 Å². The average Bonchev–Trinajstić information content (AvgIpc) is 3.18. The van der Waals surface area contributed by atoms with Crippen LogP contribution in [0.15, 0.2) is 41.8 Å². The van der Waals surface area contributed by atoms with Crippen LogP contribution in [0.1, 0.15) is 11.9 Å². The van der Waals surface area contributed by atoms with Gasteiger partial charge < -0.3 is 24.8 Å². The molecule has 0 spiro atoms. The number of carbonyl (C=O) groups is 2. The Hall–Kier alpha value is -3.59. The lowest BCUT2D eigenvalue weighted by atomic mass is 10.1. The number of rotatable bonds is 8. The van der Waals surface area contributed by atoms with Gasteiger partial charge in [-0.25, -0.2) is 4.98 Å². The molecule has 0 unspecified atom stereocenters. The summed E-state index contributed by atoms with van der Waals surface area (Å²) >= 11 is 1.54. The number of anilines is 2. The first-order chi connectivity index (χ1) is 14.9. The number of nitrogens with one attached hydrogen (secondary N) is 2. The van der Waals surface area contributed by atoms with Crippen molar-refractivity contribution in [3.63, 3.8) is 0 Å². The molecule has 2 amide bonds. The van der Waals surface area contributed by atoms with Gasteiger partial charge >= 0.3 is 0 Å². The van der Waals surface area contributed by atoms with Gasteiger partial charge in [0.1, 0.15) is 17.2 Å². The quantitative estimate of drug-likeness (QED) is 0.546. The Bertz CT molecular complexity index is 1100. The Morgan fingerprint density at radius 2 is 1.74 bits per heavy atom. The second kappa shape index (κ2) is 9.94. The summed E-state index contributed by atoms with van der Waals surface area (Å²) in [6.45, 7) is 3.07. The van der Waals surface area contributed by atoms with Gasteiger partial charge in [-0.05, 0) is 37.3 Å². The molecule has 162 valence electrons. The van der Waals surface area contributed by atoms with Gasteiger partial charge in [0.05, 0.1) is 36.3 Å². The predicted molar refractivity (Wildman–Crippen MR) is 120 cm³/mol. The molecule has 0 atom stereocenters. The van der Waals surface area contributed by atoms with E-state index in [4.69, 9.17) is 14.2 Å². The number of ether oxygens (including phenoxy) is 3. The normalized spacial score (nSPS) is 10.3. The zero-order chi connectivity index (χ0) is 22.4. The summed E-state index contributed by atoms with van der Waals surface area (Å²) in [5.41, 5.74) is 2.57. The van der Waals surface area contributed by atoms with E-state index in [1.165, 1.54) is 21.1 Å². The first kappa shape index (κ1) is 22.1. The molecule has 0 aliphatic carbocycles. The van der Waals surface area contributed by atoms with Gasteiger partial charge in [0, 0.05) is 23.9 Å². The lowest BCUT2D eigenvalue weighted by Gasteiger charge is -2.14. The third-order valence-electron chi connectivity index (χ3n) is 4.24. The molecule has 3 aromatic rings. The highest BCUT2D eigenvalue weighted by Crippen LogP contribution is 2.32. The van der Waals surface area contributed by atoms with E-state index in [1.54, 1.807) is 41.7 Å². The first-order valence-corrected chi connectivity index (χ1v) is 10.3. The SMILES string of the molecule is COc1ccc(OC)c(NC(=O)COc2ccc(-c3csc(C)n3)cc2NC(C)=O)c1. The van der Waals surface area contributed by atoms with Gasteiger partial charge in [0.2, 0.25) is 5.91 Å². The van der Waals surface area contributed by atoms with Gasteiger partial charge in [-0.3, -0.25) is 9.59 Å². The Morgan fingerprint density at radius 1 is 1.00 bits per heavy atom.